The molecular formula is C6H11N2+. The highest BCUT2D eigenvalue weighted by Crippen LogP contribution is 1.79. The Morgan fingerprint density at radius 1 is 1.88 bits per heavy atom. The van der Waals surface area contributed by atoms with Gasteiger partial charge < -0.3 is 0 Å². The minimum atomic E-state index is 0.266. The highest BCUT2D eigenvalue weighted by Gasteiger charge is 1.92. The minimum Gasteiger partial charge on any atom is -0.240 e. The van der Waals surface area contributed by atoms with Crippen LogP contribution in [0.2, 0.25) is 0 Å². The topological polar surface area (TPSA) is 8.81 Å². The largest absolute Gasteiger partial charge is 0.243 e. The molecule has 0 bridgehead atoms. The summed E-state index contributed by atoms with van der Waals surface area (Å²) in [5.74, 6) is 0. The number of hydrogen-bond acceptors (Lipinski definition) is 0. The van der Waals surface area contributed by atoms with Crippen LogP contribution in [0, 0.1) is 0 Å². The lowest BCUT2D eigenvalue weighted by atomic mass is 10.7. The van der Waals surface area contributed by atoms with Crippen LogP contribution in [0.25, 0.3) is 0 Å². The molecule has 8 heavy (non-hydrogen) atoms. The van der Waals surface area contributed by atoms with Crippen molar-refractivity contribution >= 4 is 0 Å². The van der Waals surface area contributed by atoms with Gasteiger partial charge in [-0.15, -0.1) is 0 Å². The summed E-state index contributed by atoms with van der Waals surface area (Å²) in [4.78, 5) is 0. The van der Waals surface area contributed by atoms with Gasteiger partial charge in [0.15, 0.2) is 0 Å². The van der Waals surface area contributed by atoms with Crippen LogP contribution >= 0.6 is 0 Å². The average molecular weight is 113 g/mol. The maximum absolute atomic E-state index is 7.37. The number of aromatic nitrogens is 2. The molecule has 0 radical (unpaired) electrons. The first-order valence-electron chi connectivity index (χ1n) is 3.68. The van der Waals surface area contributed by atoms with E-state index in [2.05, 4.69) is 0 Å². The first-order chi connectivity index (χ1) is 4.66. The molecule has 44 valence electrons. The van der Waals surface area contributed by atoms with Crippen LogP contribution in [0.4, 0.5) is 0 Å². The lowest BCUT2D eigenvalue weighted by Crippen LogP contribution is -2.23. The van der Waals surface area contributed by atoms with Crippen LogP contribution in [0.1, 0.15) is 9.67 Å². The second-order valence-corrected chi connectivity index (χ2v) is 1.74. The third kappa shape index (κ3) is 0.886. The molecule has 1 heterocycles. The summed E-state index contributed by atoms with van der Waals surface area (Å²) < 4.78 is 18.0. The van der Waals surface area contributed by atoms with E-state index < -0.39 is 0 Å². The van der Waals surface area contributed by atoms with E-state index in [9.17, 15) is 0 Å². The van der Waals surface area contributed by atoms with Gasteiger partial charge in [-0.1, -0.05) is 0 Å². The Labute approximate surface area is 52.2 Å². The van der Waals surface area contributed by atoms with E-state index in [0.717, 1.165) is 6.54 Å². The normalized spacial score (nSPS) is 13.2. The van der Waals surface area contributed by atoms with E-state index >= 15 is 0 Å². The zero-order valence-electron chi connectivity index (χ0n) is 7.18. The van der Waals surface area contributed by atoms with Crippen molar-refractivity contribution < 1.29 is 7.31 Å². The first-order valence-corrected chi connectivity index (χ1v) is 2.68. The molecule has 0 unspecified atom stereocenters. The number of hydrogen-bond donors (Lipinski definition) is 0. The van der Waals surface area contributed by atoms with Crippen molar-refractivity contribution in [2.75, 3.05) is 0 Å². The second-order valence-electron chi connectivity index (χ2n) is 1.74. The second kappa shape index (κ2) is 1.99. The molecule has 2 heteroatoms. The fraction of sp³-hybridized carbons (Fsp3) is 0.500. The number of nitrogens with zero attached hydrogens (tertiary/aromatic N) is 2. The fourth-order valence-electron chi connectivity index (χ4n) is 0.571. The summed E-state index contributed by atoms with van der Waals surface area (Å²) in [5.41, 5.74) is 0. The quantitative estimate of drug-likeness (QED) is 0.464. The Morgan fingerprint density at radius 3 is 2.88 bits per heavy atom. The van der Waals surface area contributed by atoms with Gasteiger partial charge >= 0.3 is 0 Å². The highest BCUT2D eigenvalue weighted by atomic mass is 15.1. The lowest BCUT2D eigenvalue weighted by molar-refractivity contribution is -0.671. The zero-order chi connectivity index (χ0) is 7.72. The molecule has 2 nitrogen and oxygen atoms in total. The molecule has 0 aliphatic carbocycles. The monoisotopic (exact) mass is 113 g/mol. The van der Waals surface area contributed by atoms with Crippen molar-refractivity contribution in [3.63, 3.8) is 0 Å². The van der Waals surface area contributed by atoms with Crippen LogP contribution < -0.4 is 4.57 Å². The average Bonchev–Trinajstić information content (AvgIpc) is 2.17. The van der Waals surface area contributed by atoms with Gasteiger partial charge in [-0.2, -0.15) is 0 Å². The molecule has 0 amide bonds. The number of imidazole rings is 1. The van der Waals surface area contributed by atoms with Gasteiger partial charge in [0.1, 0.15) is 15.1 Å². The maximum Gasteiger partial charge on any atom is 0.243 e. The number of aryl methyl sites for hydroxylation is 2. The minimum absolute atomic E-state index is 0.266. The molecule has 0 N–H and O–H groups in total. The molecular weight excluding hydrogens is 100 g/mol. The fourth-order valence-corrected chi connectivity index (χ4v) is 0.571. The van der Waals surface area contributed by atoms with Crippen molar-refractivity contribution in [2.24, 2.45) is 7.05 Å². The Morgan fingerprint density at radius 2 is 2.62 bits per heavy atom. The number of rotatable bonds is 1. The molecule has 0 spiro atoms. The van der Waals surface area contributed by atoms with Crippen LogP contribution in [0.3, 0.4) is 0 Å². The third-order valence-corrected chi connectivity index (χ3v) is 1.02. The summed E-state index contributed by atoms with van der Waals surface area (Å²) in [5, 5.41) is 0. The SMILES string of the molecule is [2H]c1c([2H])[n+](C)cn1CC. The summed E-state index contributed by atoms with van der Waals surface area (Å²) in [7, 11) is 1.77. The molecule has 0 fully saturated rings. The van der Waals surface area contributed by atoms with E-state index in [4.69, 9.17) is 2.74 Å². The predicted molar refractivity (Wildman–Crippen MR) is 31.3 cm³/mol. The first kappa shape index (κ1) is 3.28. The van der Waals surface area contributed by atoms with Crippen molar-refractivity contribution in [1.29, 1.82) is 0 Å². The van der Waals surface area contributed by atoms with Crippen molar-refractivity contribution in [2.45, 2.75) is 13.5 Å². The molecule has 0 aliphatic heterocycles. The van der Waals surface area contributed by atoms with E-state index in [1.807, 2.05) is 6.92 Å². The van der Waals surface area contributed by atoms with Crippen molar-refractivity contribution in [3.05, 3.63) is 18.7 Å². The summed E-state index contributed by atoms with van der Waals surface area (Å²) in [6.07, 6.45) is 2.30. The summed E-state index contributed by atoms with van der Waals surface area (Å²) in [6.45, 7) is 2.71. The Hall–Kier alpha value is -0.790. The maximum atomic E-state index is 7.37. The molecule has 0 aromatic carbocycles. The summed E-state index contributed by atoms with van der Waals surface area (Å²) in [6, 6.07) is 0. The van der Waals surface area contributed by atoms with Gasteiger partial charge in [-0.25, -0.2) is 9.13 Å². The van der Waals surface area contributed by atoms with Gasteiger partial charge in [0.25, 0.3) is 0 Å². The molecule has 1 aromatic rings. The molecule has 0 aliphatic rings. The van der Waals surface area contributed by atoms with Gasteiger partial charge in [0.2, 0.25) is 6.33 Å². The Balaban J connectivity index is 3.17. The van der Waals surface area contributed by atoms with Crippen LogP contribution in [0.5, 0.6) is 0 Å². The standard InChI is InChI=1S/C6H11N2/c1-3-8-5-4-7(2)6-8/h4-6H,3H2,1-2H3/q+1/i4D,5D. The van der Waals surface area contributed by atoms with E-state index in [1.165, 1.54) is 0 Å². The van der Waals surface area contributed by atoms with Crippen molar-refractivity contribution in [3.8, 4) is 0 Å². The Bertz CT molecular complexity index is 242. The molecule has 0 saturated heterocycles. The molecule has 1 rings (SSSR count). The van der Waals surface area contributed by atoms with Crippen molar-refractivity contribution in [1.82, 2.24) is 4.57 Å². The molecule has 0 saturated carbocycles. The van der Waals surface area contributed by atoms with Gasteiger partial charge in [-0.05, 0) is 6.92 Å². The van der Waals surface area contributed by atoms with Crippen LogP contribution in [0.15, 0.2) is 18.7 Å². The van der Waals surface area contributed by atoms with Crippen LogP contribution in [-0.2, 0) is 13.6 Å². The predicted octanol–water partition coefficient (Wildman–Crippen LogP) is 0.333. The van der Waals surface area contributed by atoms with E-state index in [-0.39, 0.29) is 12.3 Å². The summed E-state index contributed by atoms with van der Waals surface area (Å²) >= 11 is 0. The van der Waals surface area contributed by atoms with Gasteiger partial charge in [0.05, 0.1) is 13.6 Å². The van der Waals surface area contributed by atoms with Crippen LogP contribution in [-0.4, -0.2) is 4.57 Å². The van der Waals surface area contributed by atoms with Gasteiger partial charge in [-0.3, -0.25) is 0 Å². The van der Waals surface area contributed by atoms with Gasteiger partial charge in [0, 0.05) is 0 Å². The molecule has 0 atom stereocenters. The lowest BCUT2D eigenvalue weighted by Gasteiger charge is -1.81. The van der Waals surface area contributed by atoms with E-state index in [1.54, 1.807) is 22.5 Å². The van der Waals surface area contributed by atoms with E-state index in [0.29, 0.717) is 0 Å². The smallest absolute Gasteiger partial charge is 0.240 e. The zero-order valence-corrected chi connectivity index (χ0v) is 5.18. The third-order valence-electron chi connectivity index (χ3n) is 1.02. The highest BCUT2D eigenvalue weighted by molar-refractivity contribution is 4.63. The Kier molecular flexibility index (Phi) is 0.814. The molecule has 1 aromatic heterocycles.